The summed E-state index contributed by atoms with van der Waals surface area (Å²) in [6, 6.07) is 1.14. The second kappa shape index (κ2) is 3.11. The molecule has 64 valence electrons. The maximum atomic E-state index is 8.89. The highest BCUT2D eigenvalue weighted by Gasteiger charge is 2.32. The zero-order chi connectivity index (χ0) is 7.68. The SMILES string of the molecule is OCC1CCC(C2CCC2)N1. The minimum absolute atomic E-state index is 0.323. The number of hydrogen-bond donors (Lipinski definition) is 2. The van der Waals surface area contributed by atoms with Gasteiger partial charge in [0.05, 0.1) is 6.61 Å². The van der Waals surface area contributed by atoms with E-state index in [4.69, 9.17) is 5.11 Å². The van der Waals surface area contributed by atoms with E-state index in [9.17, 15) is 0 Å². The van der Waals surface area contributed by atoms with Crippen molar-refractivity contribution in [1.82, 2.24) is 5.32 Å². The molecule has 2 rings (SSSR count). The number of hydrogen-bond acceptors (Lipinski definition) is 2. The van der Waals surface area contributed by atoms with Gasteiger partial charge in [-0.2, -0.15) is 0 Å². The van der Waals surface area contributed by atoms with E-state index in [0.29, 0.717) is 12.6 Å². The fraction of sp³-hybridized carbons (Fsp3) is 1.00. The van der Waals surface area contributed by atoms with Crippen LogP contribution in [0.3, 0.4) is 0 Å². The van der Waals surface area contributed by atoms with Gasteiger partial charge in [-0.3, -0.25) is 0 Å². The molecular weight excluding hydrogens is 138 g/mol. The molecule has 2 atom stereocenters. The summed E-state index contributed by atoms with van der Waals surface area (Å²) in [5.41, 5.74) is 0. The van der Waals surface area contributed by atoms with Gasteiger partial charge in [0.1, 0.15) is 0 Å². The van der Waals surface area contributed by atoms with Crippen LogP contribution in [-0.2, 0) is 0 Å². The van der Waals surface area contributed by atoms with Crippen molar-refractivity contribution in [3.8, 4) is 0 Å². The summed E-state index contributed by atoms with van der Waals surface area (Å²) < 4.78 is 0. The number of nitrogens with one attached hydrogen (secondary N) is 1. The minimum Gasteiger partial charge on any atom is -0.395 e. The number of rotatable bonds is 2. The molecule has 2 nitrogen and oxygen atoms in total. The predicted molar refractivity (Wildman–Crippen MR) is 44.4 cm³/mol. The Morgan fingerprint density at radius 3 is 2.45 bits per heavy atom. The molecule has 1 saturated heterocycles. The van der Waals surface area contributed by atoms with Crippen LogP contribution in [0.4, 0.5) is 0 Å². The van der Waals surface area contributed by atoms with Gasteiger partial charge in [-0.25, -0.2) is 0 Å². The third kappa shape index (κ3) is 1.42. The molecular formula is C9H17NO. The molecule has 0 spiro atoms. The van der Waals surface area contributed by atoms with Crippen LogP contribution in [0.1, 0.15) is 32.1 Å². The lowest BCUT2D eigenvalue weighted by Gasteiger charge is -2.31. The van der Waals surface area contributed by atoms with Crippen LogP contribution < -0.4 is 5.32 Å². The molecule has 11 heavy (non-hydrogen) atoms. The Morgan fingerprint density at radius 2 is 2.00 bits per heavy atom. The van der Waals surface area contributed by atoms with Crippen LogP contribution >= 0.6 is 0 Å². The lowest BCUT2D eigenvalue weighted by Crippen LogP contribution is -2.39. The van der Waals surface area contributed by atoms with E-state index in [2.05, 4.69) is 5.32 Å². The van der Waals surface area contributed by atoms with Gasteiger partial charge in [-0.15, -0.1) is 0 Å². The summed E-state index contributed by atoms with van der Waals surface area (Å²) in [5, 5.41) is 12.4. The molecule has 0 amide bonds. The first-order chi connectivity index (χ1) is 5.40. The van der Waals surface area contributed by atoms with Crippen molar-refractivity contribution in [1.29, 1.82) is 0 Å². The maximum absolute atomic E-state index is 8.89. The van der Waals surface area contributed by atoms with E-state index in [1.165, 1.54) is 32.1 Å². The molecule has 0 aromatic heterocycles. The van der Waals surface area contributed by atoms with Crippen molar-refractivity contribution < 1.29 is 5.11 Å². The fourth-order valence-corrected chi connectivity index (χ4v) is 2.21. The monoisotopic (exact) mass is 155 g/mol. The van der Waals surface area contributed by atoms with E-state index in [-0.39, 0.29) is 0 Å². The van der Waals surface area contributed by atoms with Crippen molar-refractivity contribution in [3.63, 3.8) is 0 Å². The predicted octanol–water partition coefficient (Wildman–Crippen LogP) is 0.899. The Kier molecular flexibility index (Phi) is 2.14. The molecule has 0 aromatic carbocycles. The molecule has 1 aliphatic carbocycles. The number of aliphatic hydroxyl groups excluding tert-OH is 1. The third-order valence-corrected chi connectivity index (χ3v) is 3.22. The minimum atomic E-state index is 0.323. The highest BCUT2D eigenvalue weighted by Crippen LogP contribution is 2.34. The summed E-state index contributed by atoms with van der Waals surface area (Å²) in [7, 11) is 0. The zero-order valence-electron chi connectivity index (χ0n) is 6.92. The summed E-state index contributed by atoms with van der Waals surface area (Å²) in [5.74, 6) is 0.937. The van der Waals surface area contributed by atoms with Crippen LogP contribution in [0, 0.1) is 5.92 Å². The Morgan fingerprint density at radius 1 is 1.18 bits per heavy atom. The first-order valence-corrected chi connectivity index (χ1v) is 4.77. The average molecular weight is 155 g/mol. The van der Waals surface area contributed by atoms with Crippen LogP contribution in [-0.4, -0.2) is 23.8 Å². The van der Waals surface area contributed by atoms with Gasteiger partial charge in [0.25, 0.3) is 0 Å². The van der Waals surface area contributed by atoms with Gasteiger partial charge < -0.3 is 10.4 Å². The van der Waals surface area contributed by atoms with Crippen molar-refractivity contribution in [2.24, 2.45) is 5.92 Å². The first-order valence-electron chi connectivity index (χ1n) is 4.77. The highest BCUT2D eigenvalue weighted by molar-refractivity contribution is 4.90. The van der Waals surface area contributed by atoms with Crippen molar-refractivity contribution in [3.05, 3.63) is 0 Å². The molecule has 2 fully saturated rings. The molecule has 1 saturated carbocycles. The summed E-state index contributed by atoms with van der Waals surface area (Å²) in [6.45, 7) is 0.323. The van der Waals surface area contributed by atoms with E-state index in [1.807, 2.05) is 0 Å². The van der Waals surface area contributed by atoms with Crippen LogP contribution in [0.2, 0.25) is 0 Å². The molecule has 0 aromatic rings. The summed E-state index contributed by atoms with van der Waals surface area (Å²) in [4.78, 5) is 0. The normalized spacial score (nSPS) is 39.0. The molecule has 1 heterocycles. The van der Waals surface area contributed by atoms with Crippen LogP contribution in [0.5, 0.6) is 0 Å². The molecule has 1 aliphatic heterocycles. The Bertz CT molecular complexity index is 134. The van der Waals surface area contributed by atoms with Gasteiger partial charge in [0, 0.05) is 12.1 Å². The smallest absolute Gasteiger partial charge is 0.0584 e. The Labute approximate surface area is 68.0 Å². The lowest BCUT2D eigenvalue weighted by molar-refractivity contribution is 0.216. The van der Waals surface area contributed by atoms with Crippen molar-refractivity contribution in [2.45, 2.75) is 44.2 Å². The average Bonchev–Trinajstić information content (AvgIpc) is 2.32. The molecule has 2 unspecified atom stereocenters. The zero-order valence-corrected chi connectivity index (χ0v) is 6.92. The molecule has 2 heteroatoms. The second-order valence-corrected chi connectivity index (χ2v) is 3.92. The largest absolute Gasteiger partial charge is 0.395 e. The highest BCUT2D eigenvalue weighted by atomic mass is 16.3. The van der Waals surface area contributed by atoms with Gasteiger partial charge in [0.15, 0.2) is 0 Å². The summed E-state index contributed by atoms with van der Waals surface area (Å²) in [6.07, 6.45) is 6.71. The number of aliphatic hydroxyl groups is 1. The van der Waals surface area contributed by atoms with E-state index >= 15 is 0 Å². The van der Waals surface area contributed by atoms with Gasteiger partial charge >= 0.3 is 0 Å². The van der Waals surface area contributed by atoms with E-state index in [1.54, 1.807) is 0 Å². The van der Waals surface area contributed by atoms with E-state index in [0.717, 1.165) is 12.0 Å². The molecule has 2 aliphatic rings. The first kappa shape index (κ1) is 7.56. The lowest BCUT2D eigenvalue weighted by atomic mass is 9.79. The van der Waals surface area contributed by atoms with Crippen molar-refractivity contribution in [2.75, 3.05) is 6.61 Å². The maximum Gasteiger partial charge on any atom is 0.0584 e. The van der Waals surface area contributed by atoms with E-state index < -0.39 is 0 Å². The molecule has 0 radical (unpaired) electrons. The standard InChI is InChI=1S/C9H17NO/c11-6-8-4-5-9(10-8)7-2-1-3-7/h7-11H,1-6H2. The molecule has 2 N–H and O–H groups in total. The fourth-order valence-electron chi connectivity index (χ4n) is 2.21. The Balaban J connectivity index is 1.79. The van der Waals surface area contributed by atoms with Gasteiger partial charge in [0.2, 0.25) is 0 Å². The third-order valence-electron chi connectivity index (χ3n) is 3.22. The molecule has 0 bridgehead atoms. The van der Waals surface area contributed by atoms with Crippen LogP contribution in [0.15, 0.2) is 0 Å². The summed E-state index contributed by atoms with van der Waals surface area (Å²) >= 11 is 0. The van der Waals surface area contributed by atoms with Gasteiger partial charge in [-0.05, 0) is 31.6 Å². The van der Waals surface area contributed by atoms with Crippen LogP contribution in [0.25, 0.3) is 0 Å². The quantitative estimate of drug-likeness (QED) is 0.621. The topological polar surface area (TPSA) is 32.3 Å². The second-order valence-electron chi connectivity index (χ2n) is 3.92. The van der Waals surface area contributed by atoms with Gasteiger partial charge in [-0.1, -0.05) is 6.42 Å². The van der Waals surface area contributed by atoms with Crippen molar-refractivity contribution >= 4 is 0 Å². The Hall–Kier alpha value is -0.0800.